The first-order valence-corrected chi connectivity index (χ1v) is 2.34. The second-order valence-electron chi connectivity index (χ2n) is 1.55. The molecule has 0 aromatic heterocycles. The number of aliphatic imine (C=N–C) groups is 1. The van der Waals surface area contributed by atoms with Crippen molar-refractivity contribution in [3.05, 3.63) is 11.5 Å². The van der Waals surface area contributed by atoms with Gasteiger partial charge in [-0.3, -0.25) is 4.99 Å². The molecule has 1 nitrogen and oxygen atoms in total. The normalized spacial score (nSPS) is 19.1. The van der Waals surface area contributed by atoms with Gasteiger partial charge in [0.25, 0.3) is 0 Å². The number of hydrogen-bond acceptors (Lipinski definition) is 1. The van der Waals surface area contributed by atoms with Crippen molar-refractivity contribution in [2.24, 2.45) is 4.99 Å². The Morgan fingerprint density at radius 2 is 2.57 bits per heavy atom. The molecule has 0 spiro atoms. The maximum absolute atomic E-state index is 5.40. The standard InChI is InChI=1S/C5H6BN/c6-5-1-3-7-4-2-5/h1,3H,2,4H2. The van der Waals surface area contributed by atoms with E-state index in [4.69, 9.17) is 7.85 Å². The van der Waals surface area contributed by atoms with Crippen LogP contribution in [0, 0.1) is 0 Å². The van der Waals surface area contributed by atoms with E-state index in [1.807, 2.05) is 6.08 Å². The van der Waals surface area contributed by atoms with Gasteiger partial charge in [0, 0.05) is 12.8 Å². The highest BCUT2D eigenvalue weighted by Gasteiger charge is 1.88. The highest BCUT2D eigenvalue weighted by atomic mass is 14.7. The fourth-order valence-corrected chi connectivity index (χ4v) is 0.500. The third kappa shape index (κ3) is 1.18. The molecule has 0 fully saturated rings. The summed E-state index contributed by atoms with van der Waals surface area (Å²) in [4.78, 5) is 3.95. The van der Waals surface area contributed by atoms with Crippen molar-refractivity contribution in [3.63, 3.8) is 0 Å². The molecule has 2 heteroatoms. The van der Waals surface area contributed by atoms with Gasteiger partial charge < -0.3 is 0 Å². The Balaban J connectivity index is 2.57. The molecule has 1 heterocycles. The Morgan fingerprint density at radius 3 is 2.86 bits per heavy atom. The van der Waals surface area contributed by atoms with Crippen LogP contribution in [0.5, 0.6) is 0 Å². The molecule has 0 saturated carbocycles. The Morgan fingerprint density at radius 1 is 1.71 bits per heavy atom. The van der Waals surface area contributed by atoms with Crippen LogP contribution in [0.15, 0.2) is 16.5 Å². The molecule has 1 aliphatic rings. The third-order valence-corrected chi connectivity index (χ3v) is 0.924. The van der Waals surface area contributed by atoms with Gasteiger partial charge in [0.05, 0.1) is 0 Å². The van der Waals surface area contributed by atoms with Gasteiger partial charge in [-0.05, 0) is 6.42 Å². The predicted molar refractivity (Wildman–Crippen MR) is 31.8 cm³/mol. The highest BCUT2D eigenvalue weighted by molar-refractivity contribution is 6.23. The average Bonchev–Trinajstić information content (AvgIpc) is 1.69. The predicted octanol–water partition coefficient (Wildman–Crippen LogP) is 0.513. The van der Waals surface area contributed by atoms with Crippen molar-refractivity contribution in [2.75, 3.05) is 6.54 Å². The van der Waals surface area contributed by atoms with Gasteiger partial charge in [-0.2, -0.15) is 0 Å². The first-order chi connectivity index (χ1) is 3.39. The topological polar surface area (TPSA) is 12.4 Å². The molecule has 0 bridgehead atoms. The number of dihydropyridines is 1. The van der Waals surface area contributed by atoms with Crippen LogP contribution in [0.3, 0.4) is 0 Å². The van der Waals surface area contributed by atoms with Crippen LogP contribution in [0.4, 0.5) is 0 Å². The van der Waals surface area contributed by atoms with Crippen molar-refractivity contribution in [3.8, 4) is 0 Å². The molecule has 0 atom stereocenters. The summed E-state index contributed by atoms with van der Waals surface area (Å²) in [6.45, 7) is 0.863. The molecular weight excluding hydrogens is 84.9 g/mol. The Labute approximate surface area is 44.6 Å². The summed E-state index contributed by atoms with van der Waals surface area (Å²) in [5.74, 6) is 0. The summed E-state index contributed by atoms with van der Waals surface area (Å²) >= 11 is 0. The molecule has 2 radical (unpaired) electrons. The van der Waals surface area contributed by atoms with Crippen molar-refractivity contribution >= 4 is 14.1 Å². The maximum Gasteiger partial charge on any atom is 0.107 e. The second-order valence-corrected chi connectivity index (χ2v) is 1.55. The zero-order chi connectivity index (χ0) is 5.11. The molecule has 0 saturated heterocycles. The molecule has 0 unspecified atom stereocenters. The summed E-state index contributed by atoms with van der Waals surface area (Å²) < 4.78 is 0. The van der Waals surface area contributed by atoms with E-state index in [0.717, 1.165) is 18.4 Å². The molecular formula is C5H6BN. The summed E-state index contributed by atoms with van der Waals surface area (Å²) in [7, 11) is 5.40. The molecule has 0 aromatic rings. The van der Waals surface area contributed by atoms with Crippen LogP contribution in [0.1, 0.15) is 6.42 Å². The minimum atomic E-state index is 0.863. The molecule has 34 valence electrons. The first-order valence-electron chi connectivity index (χ1n) is 2.34. The second kappa shape index (κ2) is 1.96. The van der Waals surface area contributed by atoms with Crippen molar-refractivity contribution in [1.82, 2.24) is 0 Å². The van der Waals surface area contributed by atoms with Crippen LogP contribution >= 0.6 is 0 Å². The monoisotopic (exact) mass is 91.1 g/mol. The van der Waals surface area contributed by atoms with Crippen molar-refractivity contribution in [1.29, 1.82) is 0 Å². The Bertz CT molecular complexity index is 115. The molecule has 0 amide bonds. The quantitative estimate of drug-likeness (QED) is 0.385. The van der Waals surface area contributed by atoms with E-state index in [1.165, 1.54) is 0 Å². The minimum absolute atomic E-state index is 0.863. The Hall–Kier alpha value is -0.525. The van der Waals surface area contributed by atoms with E-state index < -0.39 is 0 Å². The fourth-order valence-electron chi connectivity index (χ4n) is 0.500. The third-order valence-electron chi connectivity index (χ3n) is 0.924. The zero-order valence-electron chi connectivity index (χ0n) is 4.09. The lowest BCUT2D eigenvalue weighted by molar-refractivity contribution is 0.986. The number of allylic oxidation sites excluding steroid dienone is 1. The van der Waals surface area contributed by atoms with Gasteiger partial charge in [0.2, 0.25) is 0 Å². The lowest BCUT2D eigenvalue weighted by Crippen LogP contribution is -1.92. The maximum atomic E-state index is 5.40. The molecule has 1 rings (SSSR count). The number of nitrogens with zero attached hydrogens (tertiary/aromatic N) is 1. The molecule has 7 heavy (non-hydrogen) atoms. The van der Waals surface area contributed by atoms with Crippen LogP contribution in [0.25, 0.3) is 0 Å². The van der Waals surface area contributed by atoms with Gasteiger partial charge in [-0.1, -0.05) is 6.08 Å². The average molecular weight is 90.9 g/mol. The summed E-state index contributed by atoms with van der Waals surface area (Å²) in [5, 5.41) is 0. The van der Waals surface area contributed by atoms with Crippen LogP contribution in [-0.2, 0) is 0 Å². The van der Waals surface area contributed by atoms with E-state index in [-0.39, 0.29) is 0 Å². The van der Waals surface area contributed by atoms with E-state index in [0.29, 0.717) is 0 Å². The molecule has 0 aromatic carbocycles. The van der Waals surface area contributed by atoms with Gasteiger partial charge in [-0.15, -0.1) is 5.47 Å². The highest BCUT2D eigenvalue weighted by Crippen LogP contribution is 1.97. The first kappa shape index (κ1) is 4.63. The smallest absolute Gasteiger partial charge is 0.107 e. The fraction of sp³-hybridized carbons (Fsp3) is 0.400. The Kier molecular flexibility index (Phi) is 1.30. The van der Waals surface area contributed by atoms with Crippen LogP contribution in [0.2, 0.25) is 0 Å². The van der Waals surface area contributed by atoms with E-state index in [2.05, 4.69) is 4.99 Å². The van der Waals surface area contributed by atoms with Gasteiger partial charge in [0.1, 0.15) is 7.85 Å². The molecule has 1 aliphatic heterocycles. The lowest BCUT2D eigenvalue weighted by atomic mass is 9.91. The number of hydrogen-bond donors (Lipinski definition) is 0. The lowest BCUT2D eigenvalue weighted by Gasteiger charge is -1.99. The van der Waals surface area contributed by atoms with Crippen LogP contribution < -0.4 is 0 Å². The van der Waals surface area contributed by atoms with Crippen molar-refractivity contribution < 1.29 is 0 Å². The summed E-state index contributed by atoms with van der Waals surface area (Å²) in [5.41, 5.74) is 0.940. The molecule has 0 N–H and O–H groups in total. The van der Waals surface area contributed by atoms with E-state index >= 15 is 0 Å². The SMILES string of the molecule is [B]C1=CC=NCC1. The van der Waals surface area contributed by atoms with E-state index in [9.17, 15) is 0 Å². The molecule has 0 aliphatic carbocycles. The number of rotatable bonds is 0. The van der Waals surface area contributed by atoms with Crippen molar-refractivity contribution in [2.45, 2.75) is 6.42 Å². The van der Waals surface area contributed by atoms with Gasteiger partial charge in [0.15, 0.2) is 0 Å². The van der Waals surface area contributed by atoms with Gasteiger partial charge >= 0.3 is 0 Å². The van der Waals surface area contributed by atoms with E-state index in [1.54, 1.807) is 6.21 Å². The summed E-state index contributed by atoms with van der Waals surface area (Å²) in [6, 6.07) is 0. The van der Waals surface area contributed by atoms with Crippen LogP contribution in [-0.4, -0.2) is 20.6 Å². The zero-order valence-corrected chi connectivity index (χ0v) is 4.09. The van der Waals surface area contributed by atoms with Gasteiger partial charge in [-0.25, -0.2) is 0 Å². The largest absolute Gasteiger partial charge is 0.293 e. The minimum Gasteiger partial charge on any atom is -0.293 e. The summed E-state index contributed by atoms with van der Waals surface area (Å²) in [6.07, 6.45) is 4.51.